The second-order valence-electron chi connectivity index (χ2n) is 3.82. The number of amides is 1. The summed E-state index contributed by atoms with van der Waals surface area (Å²) in [4.78, 5) is 11.8. The minimum Gasteiger partial charge on any atom is -0.312 e. The lowest BCUT2D eigenvalue weighted by molar-refractivity contribution is 0.102. The summed E-state index contributed by atoms with van der Waals surface area (Å²) < 4.78 is 1.71. The highest BCUT2D eigenvalue weighted by molar-refractivity contribution is 6.01. The first-order chi connectivity index (χ1) is 8.33. The molecule has 3 N–H and O–H groups in total. The van der Waals surface area contributed by atoms with Gasteiger partial charge in [0.05, 0.1) is 18.4 Å². The molecule has 0 bridgehead atoms. The Bertz CT molecular complexity index is 513. The van der Waals surface area contributed by atoms with E-state index in [4.69, 9.17) is 0 Å². The van der Waals surface area contributed by atoms with Gasteiger partial charge in [0, 0.05) is 19.2 Å². The number of aromatic amines is 1. The Morgan fingerprint density at radius 2 is 2.41 bits per heavy atom. The predicted octanol–water partition coefficient (Wildman–Crippen LogP) is -0.602. The van der Waals surface area contributed by atoms with Crippen molar-refractivity contribution in [1.82, 2.24) is 30.5 Å². The van der Waals surface area contributed by atoms with Gasteiger partial charge in [0.2, 0.25) is 0 Å². The van der Waals surface area contributed by atoms with E-state index in [1.165, 1.54) is 0 Å². The highest BCUT2D eigenvalue weighted by atomic mass is 16.2. The number of nitrogens with zero attached hydrogens (tertiary/aromatic N) is 4. The maximum Gasteiger partial charge on any atom is 0.278 e. The zero-order valence-corrected chi connectivity index (χ0v) is 8.92. The standard InChI is InChI=1S/C9H11N7O/c17-9(12-8-1-2-11-14-8)7-5-16(15-13-7)6-3-10-4-6/h1-2,5-6,10H,3-4H2,(H2,11,12,14,17). The lowest BCUT2D eigenvalue weighted by Gasteiger charge is -2.26. The van der Waals surface area contributed by atoms with E-state index in [1.807, 2.05) is 0 Å². The molecular weight excluding hydrogens is 222 g/mol. The number of rotatable bonds is 3. The van der Waals surface area contributed by atoms with Gasteiger partial charge in [-0.15, -0.1) is 5.10 Å². The highest BCUT2D eigenvalue weighted by Gasteiger charge is 2.21. The third kappa shape index (κ3) is 1.89. The van der Waals surface area contributed by atoms with Crippen LogP contribution in [0.3, 0.4) is 0 Å². The van der Waals surface area contributed by atoms with E-state index in [1.54, 1.807) is 23.1 Å². The van der Waals surface area contributed by atoms with E-state index in [0.717, 1.165) is 13.1 Å². The average Bonchev–Trinajstić information content (AvgIpc) is 2.85. The van der Waals surface area contributed by atoms with Crippen LogP contribution >= 0.6 is 0 Å². The van der Waals surface area contributed by atoms with Crippen molar-refractivity contribution in [2.45, 2.75) is 6.04 Å². The summed E-state index contributed by atoms with van der Waals surface area (Å²) in [6, 6.07) is 1.97. The van der Waals surface area contributed by atoms with Crippen molar-refractivity contribution in [3.05, 3.63) is 24.2 Å². The van der Waals surface area contributed by atoms with Crippen molar-refractivity contribution in [3.8, 4) is 0 Å². The monoisotopic (exact) mass is 233 g/mol. The Kier molecular flexibility index (Phi) is 2.33. The lowest BCUT2D eigenvalue weighted by Crippen LogP contribution is -2.43. The Morgan fingerprint density at radius 1 is 1.53 bits per heavy atom. The molecule has 1 amide bonds. The summed E-state index contributed by atoms with van der Waals surface area (Å²) in [5.74, 6) is 0.239. The van der Waals surface area contributed by atoms with E-state index >= 15 is 0 Å². The van der Waals surface area contributed by atoms with Crippen LogP contribution in [-0.2, 0) is 0 Å². The minimum atomic E-state index is -0.298. The van der Waals surface area contributed by atoms with Crippen molar-refractivity contribution >= 4 is 11.7 Å². The van der Waals surface area contributed by atoms with Crippen molar-refractivity contribution in [1.29, 1.82) is 0 Å². The molecule has 3 heterocycles. The minimum absolute atomic E-state index is 0.298. The molecule has 2 aromatic heterocycles. The molecule has 8 heteroatoms. The first-order valence-corrected chi connectivity index (χ1v) is 5.26. The average molecular weight is 233 g/mol. The summed E-state index contributed by atoms with van der Waals surface area (Å²) in [6.07, 6.45) is 3.21. The van der Waals surface area contributed by atoms with Crippen LogP contribution in [0.25, 0.3) is 0 Å². The summed E-state index contributed by atoms with van der Waals surface area (Å²) in [6.45, 7) is 1.73. The second kappa shape index (κ2) is 3.98. The van der Waals surface area contributed by atoms with E-state index in [2.05, 4.69) is 31.1 Å². The van der Waals surface area contributed by atoms with Crippen LogP contribution in [0.15, 0.2) is 18.5 Å². The van der Waals surface area contributed by atoms with Crippen molar-refractivity contribution in [3.63, 3.8) is 0 Å². The van der Waals surface area contributed by atoms with Crippen LogP contribution in [0.4, 0.5) is 5.82 Å². The van der Waals surface area contributed by atoms with E-state index < -0.39 is 0 Å². The molecule has 88 valence electrons. The molecule has 0 aliphatic carbocycles. The summed E-state index contributed by atoms with van der Waals surface area (Å²) >= 11 is 0. The van der Waals surface area contributed by atoms with Crippen LogP contribution in [-0.4, -0.2) is 44.2 Å². The van der Waals surface area contributed by atoms with Crippen LogP contribution in [0.5, 0.6) is 0 Å². The largest absolute Gasteiger partial charge is 0.312 e. The van der Waals surface area contributed by atoms with Gasteiger partial charge in [0.1, 0.15) is 5.82 Å². The van der Waals surface area contributed by atoms with Gasteiger partial charge in [-0.1, -0.05) is 5.21 Å². The zero-order chi connectivity index (χ0) is 11.7. The van der Waals surface area contributed by atoms with E-state index in [0.29, 0.717) is 17.6 Å². The fourth-order valence-corrected chi connectivity index (χ4v) is 1.53. The van der Waals surface area contributed by atoms with Crippen molar-refractivity contribution in [2.24, 2.45) is 0 Å². The maximum absolute atomic E-state index is 11.8. The fourth-order valence-electron chi connectivity index (χ4n) is 1.53. The smallest absolute Gasteiger partial charge is 0.278 e. The number of hydrogen-bond donors (Lipinski definition) is 3. The molecule has 1 saturated heterocycles. The van der Waals surface area contributed by atoms with Crippen LogP contribution < -0.4 is 10.6 Å². The Labute approximate surface area is 96.4 Å². The summed E-state index contributed by atoms with van der Waals surface area (Å²) in [7, 11) is 0. The Morgan fingerprint density at radius 3 is 3.06 bits per heavy atom. The molecular formula is C9H11N7O. The fraction of sp³-hybridized carbons (Fsp3) is 0.333. The van der Waals surface area contributed by atoms with Gasteiger partial charge in [-0.2, -0.15) is 5.10 Å². The van der Waals surface area contributed by atoms with Crippen LogP contribution in [0, 0.1) is 0 Å². The van der Waals surface area contributed by atoms with Crippen LogP contribution in [0.1, 0.15) is 16.5 Å². The molecule has 0 radical (unpaired) electrons. The molecule has 0 saturated carbocycles. The second-order valence-corrected chi connectivity index (χ2v) is 3.82. The number of anilines is 1. The van der Waals surface area contributed by atoms with E-state index in [9.17, 15) is 4.79 Å². The summed E-state index contributed by atoms with van der Waals surface area (Å²) in [5, 5.41) is 19.9. The maximum atomic E-state index is 11.8. The molecule has 17 heavy (non-hydrogen) atoms. The first-order valence-electron chi connectivity index (χ1n) is 5.26. The highest BCUT2D eigenvalue weighted by Crippen LogP contribution is 2.10. The van der Waals surface area contributed by atoms with E-state index in [-0.39, 0.29) is 5.91 Å². The molecule has 8 nitrogen and oxygen atoms in total. The molecule has 1 aliphatic heterocycles. The molecule has 0 unspecified atom stereocenters. The normalized spacial score (nSPS) is 15.5. The lowest BCUT2D eigenvalue weighted by atomic mass is 10.2. The van der Waals surface area contributed by atoms with Gasteiger partial charge in [0.25, 0.3) is 5.91 Å². The van der Waals surface area contributed by atoms with Gasteiger partial charge in [-0.3, -0.25) is 9.89 Å². The van der Waals surface area contributed by atoms with Gasteiger partial charge in [0.15, 0.2) is 5.69 Å². The number of hydrogen-bond acceptors (Lipinski definition) is 5. The van der Waals surface area contributed by atoms with Gasteiger partial charge in [-0.25, -0.2) is 4.68 Å². The third-order valence-electron chi connectivity index (χ3n) is 2.63. The molecule has 0 spiro atoms. The molecule has 3 rings (SSSR count). The molecule has 1 aliphatic rings. The SMILES string of the molecule is O=C(Nc1ccn[nH]1)c1cn(C2CNC2)nn1. The number of aromatic nitrogens is 5. The predicted molar refractivity (Wildman–Crippen MR) is 58.5 cm³/mol. The van der Waals surface area contributed by atoms with Gasteiger partial charge in [-0.05, 0) is 0 Å². The number of H-pyrrole nitrogens is 1. The van der Waals surface area contributed by atoms with Gasteiger partial charge >= 0.3 is 0 Å². The third-order valence-corrected chi connectivity index (χ3v) is 2.63. The molecule has 0 atom stereocenters. The number of carbonyl (C=O) groups is 1. The van der Waals surface area contributed by atoms with Crippen molar-refractivity contribution < 1.29 is 4.79 Å². The summed E-state index contributed by atoms with van der Waals surface area (Å²) in [5.41, 5.74) is 0.298. The quantitative estimate of drug-likeness (QED) is 0.657. The van der Waals surface area contributed by atoms with Gasteiger partial charge < -0.3 is 10.6 Å². The molecule has 2 aromatic rings. The Balaban J connectivity index is 1.70. The number of nitrogens with one attached hydrogen (secondary N) is 3. The molecule has 1 fully saturated rings. The topological polar surface area (TPSA) is 101 Å². The number of carbonyl (C=O) groups excluding carboxylic acids is 1. The van der Waals surface area contributed by atoms with Crippen LogP contribution in [0.2, 0.25) is 0 Å². The van der Waals surface area contributed by atoms with Crippen molar-refractivity contribution in [2.75, 3.05) is 18.4 Å². The zero-order valence-electron chi connectivity index (χ0n) is 8.92. The Hall–Kier alpha value is -2.22. The molecule has 0 aromatic carbocycles. The first kappa shape index (κ1) is 9.97.